The van der Waals surface area contributed by atoms with E-state index < -0.39 is 10.6 Å². The molecule has 2 aliphatic carbocycles. The number of hydrogen-bond acceptors (Lipinski definition) is 7. The zero-order valence-corrected chi connectivity index (χ0v) is 16.6. The smallest absolute Gasteiger partial charge is 0.303 e. The van der Waals surface area contributed by atoms with Gasteiger partial charge in [0, 0.05) is 0 Å². The van der Waals surface area contributed by atoms with Gasteiger partial charge < -0.3 is 16.4 Å². The molecular weight excluding hydrogens is 368 g/mol. The van der Waals surface area contributed by atoms with Crippen LogP contribution in [0.2, 0.25) is 0 Å². The van der Waals surface area contributed by atoms with Crippen molar-refractivity contribution in [1.82, 2.24) is 10.6 Å². The maximum absolute atomic E-state index is 11.6. The fraction of sp³-hybridized carbons (Fsp3) is 0.571. The highest BCUT2D eigenvalue weighted by atomic mass is 16.6. The van der Waals surface area contributed by atoms with Gasteiger partial charge in [-0.3, -0.25) is 15.8 Å². The molecule has 1 heterocycles. The van der Waals surface area contributed by atoms with Crippen LogP contribution in [0.1, 0.15) is 50.5 Å². The Kier molecular flexibility index (Phi) is 5.31. The molecule has 1 atom stereocenters. The van der Waals surface area contributed by atoms with Crippen LogP contribution < -0.4 is 22.1 Å². The molecule has 0 radical (unpaired) electrons. The van der Waals surface area contributed by atoms with Gasteiger partial charge in [0.2, 0.25) is 5.66 Å². The molecule has 0 amide bonds. The Morgan fingerprint density at radius 3 is 2.41 bits per heavy atom. The molecule has 0 saturated heterocycles. The Hall–Kier alpha value is -2.45. The molecule has 8 heteroatoms. The monoisotopic (exact) mass is 398 g/mol. The van der Waals surface area contributed by atoms with Gasteiger partial charge in [-0.2, -0.15) is 0 Å². The van der Waals surface area contributed by atoms with Crippen LogP contribution in [-0.4, -0.2) is 23.1 Å². The number of nitrogens with two attached hydrogens (primary N) is 2. The summed E-state index contributed by atoms with van der Waals surface area (Å²) in [5, 5.41) is 18.1. The summed E-state index contributed by atoms with van der Waals surface area (Å²) >= 11 is 0. The first-order valence-electron chi connectivity index (χ1n) is 10.5. The molecule has 2 fully saturated rings. The van der Waals surface area contributed by atoms with Crippen LogP contribution in [0.15, 0.2) is 47.2 Å². The number of guanidine groups is 1. The van der Waals surface area contributed by atoms with E-state index >= 15 is 0 Å². The van der Waals surface area contributed by atoms with Gasteiger partial charge in [-0.15, -0.1) is 0 Å². The summed E-state index contributed by atoms with van der Waals surface area (Å²) in [6.45, 7) is 0.707. The van der Waals surface area contributed by atoms with E-state index in [0.29, 0.717) is 30.8 Å². The van der Waals surface area contributed by atoms with Crippen molar-refractivity contribution in [3.63, 3.8) is 0 Å². The minimum Gasteiger partial charge on any atom is -0.347 e. The molecule has 3 aliphatic rings. The van der Waals surface area contributed by atoms with Crippen molar-refractivity contribution in [3.05, 3.63) is 57.9 Å². The van der Waals surface area contributed by atoms with Gasteiger partial charge >= 0.3 is 5.70 Å². The summed E-state index contributed by atoms with van der Waals surface area (Å²) in [5.41, 5.74) is 12.0. The van der Waals surface area contributed by atoms with Crippen molar-refractivity contribution < 1.29 is 4.92 Å². The zero-order valence-electron chi connectivity index (χ0n) is 16.6. The van der Waals surface area contributed by atoms with Gasteiger partial charge in [0.05, 0.1) is 16.7 Å². The lowest BCUT2D eigenvalue weighted by molar-refractivity contribution is -0.436. The summed E-state index contributed by atoms with van der Waals surface area (Å²) in [6.07, 6.45) is 7.95. The average molecular weight is 399 g/mol. The Bertz CT molecular complexity index is 812. The first kappa shape index (κ1) is 19.8. The van der Waals surface area contributed by atoms with E-state index in [4.69, 9.17) is 11.5 Å². The maximum atomic E-state index is 11.6. The molecule has 1 aromatic rings. The van der Waals surface area contributed by atoms with Crippen molar-refractivity contribution in [1.29, 1.82) is 0 Å². The highest BCUT2D eigenvalue weighted by Crippen LogP contribution is 2.45. The summed E-state index contributed by atoms with van der Waals surface area (Å²) < 4.78 is 0. The minimum absolute atomic E-state index is 0.0754. The minimum atomic E-state index is -1.33. The number of benzene rings is 1. The van der Waals surface area contributed by atoms with Crippen molar-refractivity contribution >= 4 is 5.96 Å². The number of aliphatic imine (C=N–C) groups is 1. The average Bonchev–Trinajstić information content (AvgIpc) is 3.49. The van der Waals surface area contributed by atoms with E-state index in [1.165, 1.54) is 11.8 Å². The standard InChI is InChI=1S/C21H30N6O2/c22-13-16-8-6-15(7-9-16)12-21(23)18(27(28)29)14-24-19(26-21)25-20(10-11-20)17-4-2-1-3-5-17/h1-5,14-16H,6-13,22-23H2,(H2,24,25,26). The fourth-order valence-electron chi connectivity index (χ4n) is 4.68. The first-order valence-corrected chi connectivity index (χ1v) is 10.5. The SMILES string of the molecule is NCC1CCC(CC2(N)N=C(NC3(c4ccccc4)CC3)NC=C2[N+](=O)[O-])CC1. The predicted molar refractivity (Wildman–Crippen MR) is 112 cm³/mol. The van der Waals surface area contributed by atoms with Gasteiger partial charge in [-0.25, -0.2) is 4.99 Å². The molecule has 29 heavy (non-hydrogen) atoms. The zero-order chi connectivity index (χ0) is 20.5. The van der Waals surface area contributed by atoms with Crippen LogP contribution in [-0.2, 0) is 5.54 Å². The number of nitrogens with zero attached hydrogens (tertiary/aromatic N) is 2. The fourth-order valence-corrected chi connectivity index (χ4v) is 4.68. The van der Waals surface area contributed by atoms with Gasteiger partial charge in [0.25, 0.3) is 0 Å². The normalized spacial score (nSPS) is 30.6. The molecule has 6 N–H and O–H groups in total. The van der Waals surface area contributed by atoms with Crippen LogP contribution in [0.5, 0.6) is 0 Å². The first-order chi connectivity index (χ1) is 13.9. The van der Waals surface area contributed by atoms with Gasteiger partial charge in [0.1, 0.15) is 0 Å². The molecule has 2 saturated carbocycles. The van der Waals surface area contributed by atoms with Crippen molar-refractivity contribution in [2.24, 2.45) is 28.3 Å². The molecule has 8 nitrogen and oxygen atoms in total. The lowest BCUT2D eigenvalue weighted by Crippen LogP contribution is -2.53. The van der Waals surface area contributed by atoms with Crippen LogP contribution in [0.3, 0.4) is 0 Å². The Morgan fingerprint density at radius 2 is 1.83 bits per heavy atom. The third-order valence-electron chi connectivity index (χ3n) is 6.63. The van der Waals surface area contributed by atoms with Gasteiger partial charge in [-0.1, -0.05) is 30.3 Å². The van der Waals surface area contributed by atoms with E-state index in [0.717, 1.165) is 38.5 Å². The van der Waals surface area contributed by atoms with E-state index in [2.05, 4.69) is 27.8 Å². The third kappa shape index (κ3) is 4.13. The number of nitro groups is 1. The van der Waals surface area contributed by atoms with E-state index in [1.807, 2.05) is 18.2 Å². The molecular formula is C21H30N6O2. The Labute approximate surface area is 171 Å². The number of nitrogens with one attached hydrogen (secondary N) is 2. The molecule has 1 aromatic carbocycles. The highest BCUT2D eigenvalue weighted by Gasteiger charge is 2.48. The second-order valence-electron chi connectivity index (χ2n) is 8.72. The largest absolute Gasteiger partial charge is 0.347 e. The van der Waals surface area contributed by atoms with E-state index in [1.54, 1.807) is 0 Å². The summed E-state index contributed by atoms with van der Waals surface area (Å²) in [5.74, 6) is 1.38. The van der Waals surface area contributed by atoms with Crippen molar-refractivity contribution in [2.75, 3.05) is 6.54 Å². The summed E-state index contributed by atoms with van der Waals surface area (Å²) in [7, 11) is 0. The third-order valence-corrected chi connectivity index (χ3v) is 6.63. The molecule has 0 aromatic heterocycles. The topological polar surface area (TPSA) is 132 Å². The van der Waals surface area contributed by atoms with Crippen LogP contribution in [0.4, 0.5) is 0 Å². The van der Waals surface area contributed by atoms with Crippen molar-refractivity contribution in [2.45, 2.75) is 56.1 Å². The lowest BCUT2D eigenvalue weighted by Gasteiger charge is -2.34. The predicted octanol–water partition coefficient (Wildman–Crippen LogP) is 2.15. The summed E-state index contributed by atoms with van der Waals surface area (Å²) in [6, 6.07) is 10.2. The molecule has 0 spiro atoms. The van der Waals surface area contributed by atoms with Gasteiger partial charge in [0.15, 0.2) is 5.96 Å². The van der Waals surface area contributed by atoms with E-state index in [9.17, 15) is 10.1 Å². The van der Waals surface area contributed by atoms with Crippen molar-refractivity contribution in [3.8, 4) is 0 Å². The second kappa shape index (κ2) is 7.76. The quantitative estimate of drug-likeness (QED) is 0.429. The Balaban J connectivity index is 1.52. The van der Waals surface area contributed by atoms with E-state index in [-0.39, 0.29) is 11.2 Å². The summed E-state index contributed by atoms with van der Waals surface area (Å²) in [4.78, 5) is 15.9. The van der Waals surface area contributed by atoms with Gasteiger partial charge in [-0.05, 0) is 68.9 Å². The van der Waals surface area contributed by atoms with Crippen LogP contribution >= 0.6 is 0 Å². The van der Waals surface area contributed by atoms with Crippen LogP contribution in [0.25, 0.3) is 0 Å². The number of hydrogen-bond donors (Lipinski definition) is 4. The molecule has 1 aliphatic heterocycles. The molecule has 156 valence electrons. The maximum Gasteiger partial charge on any atom is 0.303 e. The lowest BCUT2D eigenvalue weighted by atomic mass is 9.77. The second-order valence-corrected chi connectivity index (χ2v) is 8.72. The molecule has 4 rings (SSSR count). The highest BCUT2D eigenvalue weighted by molar-refractivity contribution is 5.84. The Morgan fingerprint density at radius 1 is 1.17 bits per heavy atom. The number of rotatable bonds is 6. The molecule has 0 bridgehead atoms. The molecule has 1 unspecified atom stereocenters. The van der Waals surface area contributed by atoms with Crippen LogP contribution in [0, 0.1) is 22.0 Å².